The van der Waals surface area contributed by atoms with E-state index in [1.807, 2.05) is 13.8 Å². The summed E-state index contributed by atoms with van der Waals surface area (Å²) in [6.07, 6.45) is 3.12. The molecule has 0 aromatic heterocycles. The van der Waals surface area contributed by atoms with Crippen molar-refractivity contribution < 1.29 is 9.59 Å². The number of nitrogens with zero attached hydrogens (tertiary/aromatic N) is 2. The molecule has 0 aliphatic carbocycles. The minimum atomic E-state index is -0.673. The molecule has 8 nitrogen and oxygen atoms in total. The Hall–Kier alpha value is -1.54. The van der Waals surface area contributed by atoms with Gasteiger partial charge in [0.15, 0.2) is 0 Å². The molecule has 19 heavy (non-hydrogen) atoms. The van der Waals surface area contributed by atoms with Crippen molar-refractivity contribution in [3.63, 3.8) is 0 Å². The van der Waals surface area contributed by atoms with Gasteiger partial charge in [-0.3, -0.25) is 10.0 Å². The van der Waals surface area contributed by atoms with Crippen molar-refractivity contribution in [3.8, 4) is 0 Å². The fourth-order valence-electron chi connectivity index (χ4n) is 2.10. The van der Waals surface area contributed by atoms with Gasteiger partial charge in [-0.2, -0.15) is 0 Å². The molecule has 2 unspecified atom stereocenters. The maximum atomic E-state index is 11.1. The largest absolute Gasteiger partial charge is 0.350 e. The van der Waals surface area contributed by atoms with E-state index in [0.717, 1.165) is 22.9 Å². The number of amides is 4. The molecular formula is C11H26N6O2. The molecule has 0 rings (SSSR count). The highest BCUT2D eigenvalue weighted by atomic mass is 16.2. The SMILES string of the molecule is CCCC(CC(CC)N(N)C(N)=O)CN(N)C(N)=O. The number of hydrogen-bond acceptors (Lipinski definition) is 4. The Morgan fingerprint density at radius 3 is 2.05 bits per heavy atom. The molecule has 0 bridgehead atoms. The molecule has 2 atom stereocenters. The van der Waals surface area contributed by atoms with Crippen molar-refractivity contribution in [3.05, 3.63) is 0 Å². The van der Waals surface area contributed by atoms with Crippen molar-refractivity contribution >= 4 is 12.1 Å². The van der Waals surface area contributed by atoms with Gasteiger partial charge >= 0.3 is 12.1 Å². The Bertz CT molecular complexity index is 299. The van der Waals surface area contributed by atoms with E-state index in [1.54, 1.807) is 0 Å². The summed E-state index contributed by atoms with van der Waals surface area (Å²) in [4.78, 5) is 22.0. The van der Waals surface area contributed by atoms with Crippen LogP contribution in [0.15, 0.2) is 0 Å². The number of rotatable bonds is 8. The quantitative estimate of drug-likeness (QED) is 0.282. The van der Waals surface area contributed by atoms with Gasteiger partial charge in [-0.05, 0) is 25.2 Å². The monoisotopic (exact) mass is 274 g/mol. The lowest BCUT2D eigenvalue weighted by molar-refractivity contribution is 0.153. The summed E-state index contributed by atoms with van der Waals surface area (Å²) >= 11 is 0. The Morgan fingerprint density at radius 2 is 1.68 bits per heavy atom. The van der Waals surface area contributed by atoms with Crippen LogP contribution in [0.3, 0.4) is 0 Å². The Kier molecular flexibility index (Phi) is 7.85. The molecular weight excluding hydrogens is 248 g/mol. The fraction of sp³-hybridized carbons (Fsp3) is 0.818. The molecule has 0 radical (unpaired) electrons. The highest BCUT2D eigenvalue weighted by molar-refractivity contribution is 5.71. The van der Waals surface area contributed by atoms with E-state index in [2.05, 4.69) is 0 Å². The van der Waals surface area contributed by atoms with Gasteiger partial charge < -0.3 is 11.5 Å². The van der Waals surface area contributed by atoms with E-state index in [9.17, 15) is 9.59 Å². The van der Waals surface area contributed by atoms with E-state index >= 15 is 0 Å². The molecule has 112 valence electrons. The zero-order chi connectivity index (χ0) is 15.0. The predicted molar refractivity (Wildman–Crippen MR) is 73.2 cm³/mol. The maximum Gasteiger partial charge on any atom is 0.329 e. The second-order valence-corrected chi connectivity index (χ2v) is 4.69. The summed E-state index contributed by atoms with van der Waals surface area (Å²) in [6, 6.07) is -1.51. The van der Waals surface area contributed by atoms with Crippen LogP contribution < -0.4 is 23.2 Å². The van der Waals surface area contributed by atoms with Crippen molar-refractivity contribution in [1.29, 1.82) is 0 Å². The first-order chi connectivity index (χ1) is 8.83. The molecule has 8 N–H and O–H groups in total. The van der Waals surface area contributed by atoms with Gasteiger partial charge in [0, 0.05) is 12.6 Å². The van der Waals surface area contributed by atoms with Gasteiger partial charge in [0.1, 0.15) is 0 Å². The molecule has 0 aliphatic heterocycles. The molecule has 8 heteroatoms. The first kappa shape index (κ1) is 17.5. The van der Waals surface area contributed by atoms with E-state index in [0.29, 0.717) is 19.4 Å². The third-order valence-corrected chi connectivity index (χ3v) is 3.16. The van der Waals surface area contributed by atoms with Gasteiger partial charge in [0.25, 0.3) is 0 Å². The number of hydrogen-bond donors (Lipinski definition) is 4. The predicted octanol–water partition coefficient (Wildman–Crippen LogP) is 0.0802. The van der Waals surface area contributed by atoms with Gasteiger partial charge in [0.2, 0.25) is 0 Å². The number of carbonyl (C=O) groups excluding carboxylic acids is 2. The summed E-state index contributed by atoms with van der Waals surface area (Å²) in [7, 11) is 0. The van der Waals surface area contributed by atoms with E-state index in [-0.39, 0.29) is 12.0 Å². The van der Waals surface area contributed by atoms with Crippen molar-refractivity contribution in [2.75, 3.05) is 6.54 Å². The summed E-state index contributed by atoms with van der Waals surface area (Å²) in [5.41, 5.74) is 10.3. The summed E-state index contributed by atoms with van der Waals surface area (Å²) in [5.74, 6) is 11.3. The molecule has 0 heterocycles. The van der Waals surface area contributed by atoms with Gasteiger partial charge in [-0.15, -0.1) is 0 Å². The van der Waals surface area contributed by atoms with Crippen LogP contribution in [0.5, 0.6) is 0 Å². The third-order valence-electron chi connectivity index (χ3n) is 3.16. The molecule has 0 aromatic carbocycles. The van der Waals surface area contributed by atoms with Crippen LogP contribution in [-0.4, -0.2) is 34.7 Å². The topological polar surface area (TPSA) is 145 Å². The highest BCUT2D eigenvalue weighted by Gasteiger charge is 2.23. The smallest absolute Gasteiger partial charge is 0.329 e. The first-order valence-electron chi connectivity index (χ1n) is 6.48. The molecule has 0 saturated carbocycles. The summed E-state index contributed by atoms with van der Waals surface area (Å²) in [5, 5.41) is 2.02. The minimum Gasteiger partial charge on any atom is -0.350 e. The van der Waals surface area contributed by atoms with Crippen molar-refractivity contribution in [2.45, 2.75) is 45.6 Å². The zero-order valence-electron chi connectivity index (χ0n) is 11.7. The normalized spacial score (nSPS) is 13.7. The van der Waals surface area contributed by atoms with E-state index < -0.39 is 12.1 Å². The number of carbonyl (C=O) groups is 2. The number of hydrazine groups is 2. The van der Waals surface area contributed by atoms with E-state index in [1.165, 1.54) is 0 Å². The number of primary amides is 2. The average Bonchev–Trinajstić information content (AvgIpc) is 2.34. The summed E-state index contributed by atoms with van der Waals surface area (Å²) < 4.78 is 0. The van der Waals surface area contributed by atoms with Crippen molar-refractivity contribution in [2.24, 2.45) is 29.1 Å². The number of nitrogens with two attached hydrogens (primary N) is 4. The summed E-state index contributed by atoms with van der Waals surface area (Å²) in [6.45, 7) is 4.30. The average molecular weight is 274 g/mol. The second kappa shape index (κ2) is 8.54. The first-order valence-corrected chi connectivity index (χ1v) is 6.48. The van der Waals surface area contributed by atoms with Crippen LogP contribution in [-0.2, 0) is 0 Å². The van der Waals surface area contributed by atoms with Crippen molar-refractivity contribution in [1.82, 2.24) is 10.0 Å². The standard InChI is InChI=1S/C11H26N6O2/c1-3-5-8(7-16(14)10(12)18)6-9(4-2)17(15)11(13)19/h8-9H,3-7,14-15H2,1-2H3,(H2,12,18)(H2,13,19). The molecule has 4 amide bonds. The van der Waals surface area contributed by atoms with Gasteiger partial charge in [0.05, 0.1) is 0 Å². The highest BCUT2D eigenvalue weighted by Crippen LogP contribution is 2.18. The van der Waals surface area contributed by atoms with Crippen LogP contribution in [0.25, 0.3) is 0 Å². The molecule has 0 fully saturated rings. The lowest BCUT2D eigenvalue weighted by atomic mass is 9.93. The molecule has 0 aromatic rings. The fourth-order valence-corrected chi connectivity index (χ4v) is 2.10. The van der Waals surface area contributed by atoms with E-state index in [4.69, 9.17) is 23.2 Å². The van der Waals surface area contributed by atoms with Crippen LogP contribution in [0, 0.1) is 5.92 Å². The maximum absolute atomic E-state index is 11.1. The minimum absolute atomic E-state index is 0.123. The van der Waals surface area contributed by atoms with Crippen LogP contribution >= 0.6 is 0 Å². The van der Waals surface area contributed by atoms with Gasteiger partial charge in [-0.25, -0.2) is 21.3 Å². The number of urea groups is 2. The van der Waals surface area contributed by atoms with Crippen LogP contribution in [0.4, 0.5) is 9.59 Å². The lowest BCUT2D eigenvalue weighted by Gasteiger charge is -2.30. The Balaban J connectivity index is 4.61. The molecule has 0 saturated heterocycles. The molecule has 0 spiro atoms. The second-order valence-electron chi connectivity index (χ2n) is 4.69. The molecule has 0 aliphatic rings. The van der Waals surface area contributed by atoms with Gasteiger partial charge in [-0.1, -0.05) is 20.3 Å². The van der Waals surface area contributed by atoms with Crippen LogP contribution in [0.2, 0.25) is 0 Å². The lowest BCUT2D eigenvalue weighted by Crippen LogP contribution is -2.50. The zero-order valence-corrected chi connectivity index (χ0v) is 11.7. The third kappa shape index (κ3) is 6.25. The Labute approximate surface area is 114 Å². The van der Waals surface area contributed by atoms with Crippen LogP contribution in [0.1, 0.15) is 39.5 Å². The Morgan fingerprint density at radius 1 is 1.11 bits per heavy atom.